The molecule has 1 aliphatic rings. The van der Waals surface area contributed by atoms with Gasteiger partial charge in [-0.25, -0.2) is 8.42 Å². The van der Waals surface area contributed by atoms with Crippen LogP contribution in [0.4, 0.5) is 0 Å². The van der Waals surface area contributed by atoms with E-state index in [0.717, 1.165) is 0 Å². The molecule has 1 heterocycles. The zero-order valence-corrected chi connectivity index (χ0v) is 10.2. The summed E-state index contributed by atoms with van der Waals surface area (Å²) in [4.78, 5) is 10.9. The second kappa shape index (κ2) is 4.19. The predicted octanol–water partition coefficient (Wildman–Crippen LogP) is 1.56. The Balaban J connectivity index is 2.55. The normalized spacial score (nSPS) is 19.2. The molecular weight excluding hydrogens is 268 g/mol. The summed E-state index contributed by atoms with van der Waals surface area (Å²) in [5, 5.41) is 9.04. The van der Waals surface area contributed by atoms with Crippen molar-refractivity contribution in [1.29, 1.82) is 0 Å². The molecular formula is C10H9ClO5S. The molecule has 1 unspecified atom stereocenters. The second-order valence-corrected chi connectivity index (χ2v) is 6.23. The highest BCUT2D eigenvalue weighted by molar-refractivity contribution is 8.13. The van der Waals surface area contributed by atoms with Crippen LogP contribution in [0.1, 0.15) is 17.9 Å². The number of fused-ring (bicyclic) bond motifs is 1. The van der Waals surface area contributed by atoms with Crippen LogP contribution in [-0.2, 0) is 13.8 Å². The number of ether oxygens (including phenoxy) is 1. The van der Waals surface area contributed by atoms with Gasteiger partial charge >= 0.3 is 5.97 Å². The van der Waals surface area contributed by atoms with Gasteiger partial charge in [-0.2, -0.15) is 0 Å². The number of carboxylic acids is 1. The molecule has 92 valence electrons. The summed E-state index contributed by atoms with van der Waals surface area (Å²) in [7, 11) is 1.35. The summed E-state index contributed by atoms with van der Waals surface area (Å²) in [5.74, 6) is -1.36. The predicted molar refractivity (Wildman–Crippen MR) is 60.0 cm³/mol. The molecule has 1 aromatic carbocycles. The van der Waals surface area contributed by atoms with Crippen molar-refractivity contribution in [2.75, 3.05) is 6.61 Å². The average molecular weight is 277 g/mol. The van der Waals surface area contributed by atoms with E-state index >= 15 is 0 Å². The van der Waals surface area contributed by atoms with Crippen molar-refractivity contribution >= 4 is 25.7 Å². The van der Waals surface area contributed by atoms with Gasteiger partial charge in [-0.05, 0) is 24.6 Å². The smallest absolute Gasteiger partial charge is 0.311 e. The lowest BCUT2D eigenvalue weighted by Crippen LogP contribution is -2.21. The minimum absolute atomic E-state index is 0.116. The van der Waals surface area contributed by atoms with E-state index in [1.807, 2.05) is 0 Å². The topological polar surface area (TPSA) is 80.7 Å². The molecule has 1 aliphatic heterocycles. The first-order valence-corrected chi connectivity index (χ1v) is 7.15. The summed E-state index contributed by atoms with van der Waals surface area (Å²) in [6.07, 6.45) is 0.314. The lowest BCUT2D eigenvalue weighted by molar-refractivity contribution is -0.139. The van der Waals surface area contributed by atoms with E-state index in [1.54, 1.807) is 0 Å². The molecule has 5 nitrogen and oxygen atoms in total. The largest absolute Gasteiger partial charge is 0.493 e. The summed E-state index contributed by atoms with van der Waals surface area (Å²) in [6.45, 7) is 0.303. The third kappa shape index (κ3) is 2.37. The Hall–Kier alpha value is -1.27. The molecule has 0 aliphatic carbocycles. The Kier molecular flexibility index (Phi) is 3.01. The Bertz CT molecular complexity index is 566. The monoisotopic (exact) mass is 276 g/mol. The lowest BCUT2D eigenvalue weighted by Gasteiger charge is -2.23. The molecule has 0 aromatic heterocycles. The van der Waals surface area contributed by atoms with Gasteiger partial charge in [0.25, 0.3) is 9.05 Å². The zero-order valence-electron chi connectivity index (χ0n) is 8.59. The van der Waals surface area contributed by atoms with E-state index in [0.29, 0.717) is 24.3 Å². The lowest BCUT2D eigenvalue weighted by atomic mass is 9.93. The highest BCUT2D eigenvalue weighted by Gasteiger charge is 2.28. The molecule has 1 atom stereocenters. The highest BCUT2D eigenvalue weighted by Crippen LogP contribution is 2.35. The van der Waals surface area contributed by atoms with Gasteiger partial charge in [0.1, 0.15) is 5.75 Å². The van der Waals surface area contributed by atoms with Gasteiger partial charge in [0.05, 0.1) is 17.4 Å². The molecule has 0 fully saturated rings. The van der Waals surface area contributed by atoms with Gasteiger partial charge in [0.2, 0.25) is 0 Å². The van der Waals surface area contributed by atoms with Gasteiger partial charge in [-0.3, -0.25) is 4.79 Å². The molecule has 0 amide bonds. The molecule has 17 heavy (non-hydrogen) atoms. The molecule has 7 heteroatoms. The molecule has 0 bridgehead atoms. The highest BCUT2D eigenvalue weighted by atomic mass is 35.7. The first-order chi connectivity index (χ1) is 7.89. The number of benzene rings is 1. The number of halogens is 1. The van der Waals surface area contributed by atoms with Crippen LogP contribution in [-0.4, -0.2) is 26.1 Å². The van der Waals surface area contributed by atoms with E-state index in [2.05, 4.69) is 0 Å². The third-order valence-corrected chi connectivity index (χ3v) is 3.95. The van der Waals surface area contributed by atoms with Crippen LogP contribution in [0.15, 0.2) is 23.1 Å². The first-order valence-electron chi connectivity index (χ1n) is 4.84. The van der Waals surface area contributed by atoms with E-state index in [1.165, 1.54) is 18.2 Å². The number of hydrogen-bond donors (Lipinski definition) is 1. The molecule has 0 saturated heterocycles. The fourth-order valence-corrected chi connectivity index (χ4v) is 2.57. The maximum atomic E-state index is 11.2. The second-order valence-electron chi connectivity index (χ2n) is 3.67. The fourth-order valence-electron chi connectivity index (χ4n) is 1.78. The van der Waals surface area contributed by atoms with Crippen LogP contribution in [0.2, 0.25) is 0 Å². The van der Waals surface area contributed by atoms with E-state index in [9.17, 15) is 13.2 Å². The maximum Gasteiger partial charge on any atom is 0.311 e. The summed E-state index contributed by atoms with van der Waals surface area (Å²) >= 11 is 0. The number of hydrogen-bond acceptors (Lipinski definition) is 4. The van der Waals surface area contributed by atoms with Crippen molar-refractivity contribution in [2.45, 2.75) is 17.2 Å². The maximum absolute atomic E-state index is 11.2. The van der Waals surface area contributed by atoms with Crippen molar-refractivity contribution in [1.82, 2.24) is 0 Å². The minimum Gasteiger partial charge on any atom is -0.493 e. The van der Waals surface area contributed by atoms with Crippen LogP contribution in [0, 0.1) is 0 Å². The van der Waals surface area contributed by atoms with Crippen LogP contribution in [0.3, 0.4) is 0 Å². The van der Waals surface area contributed by atoms with Crippen LogP contribution < -0.4 is 4.74 Å². The standard InChI is InChI=1S/C10H9ClO5S/c11-17(14,15)6-1-2-9-8(5-6)7(10(12)13)3-4-16-9/h1-2,5,7H,3-4H2,(H,12,13). The van der Waals surface area contributed by atoms with Crippen molar-refractivity contribution in [3.8, 4) is 5.75 Å². The van der Waals surface area contributed by atoms with Crippen molar-refractivity contribution < 1.29 is 23.1 Å². The van der Waals surface area contributed by atoms with Crippen LogP contribution in [0.5, 0.6) is 5.75 Å². The van der Waals surface area contributed by atoms with Crippen molar-refractivity contribution in [3.63, 3.8) is 0 Å². The Morgan fingerprint density at radius 3 is 2.76 bits per heavy atom. The van der Waals surface area contributed by atoms with Gasteiger partial charge < -0.3 is 9.84 Å². The Labute approximate surface area is 102 Å². The van der Waals surface area contributed by atoms with Crippen molar-refractivity contribution in [3.05, 3.63) is 23.8 Å². The van der Waals surface area contributed by atoms with Crippen molar-refractivity contribution in [2.24, 2.45) is 0 Å². The number of aliphatic carboxylic acids is 1. The Morgan fingerprint density at radius 2 is 2.18 bits per heavy atom. The SMILES string of the molecule is O=C(O)C1CCOc2ccc(S(=O)(=O)Cl)cc21. The van der Waals surface area contributed by atoms with Crippen LogP contribution in [0.25, 0.3) is 0 Å². The quantitative estimate of drug-likeness (QED) is 0.829. The number of rotatable bonds is 2. The van der Waals surface area contributed by atoms with Gasteiger partial charge in [0, 0.05) is 16.2 Å². The van der Waals surface area contributed by atoms with E-state index in [-0.39, 0.29) is 4.90 Å². The third-order valence-electron chi connectivity index (χ3n) is 2.60. The molecule has 0 spiro atoms. The van der Waals surface area contributed by atoms with Gasteiger partial charge in [0.15, 0.2) is 0 Å². The summed E-state index contributed by atoms with van der Waals surface area (Å²) in [6, 6.07) is 3.99. The molecule has 1 N–H and O–H groups in total. The number of carbonyl (C=O) groups is 1. The molecule has 0 saturated carbocycles. The summed E-state index contributed by atoms with van der Waals surface area (Å²) in [5.41, 5.74) is 0.352. The van der Waals surface area contributed by atoms with E-state index < -0.39 is 20.9 Å². The first kappa shape index (κ1) is 12.2. The fraction of sp³-hybridized carbons (Fsp3) is 0.300. The zero-order chi connectivity index (χ0) is 12.6. The molecule has 1 aromatic rings. The summed E-state index contributed by atoms with van der Waals surface area (Å²) < 4.78 is 27.6. The molecule has 0 radical (unpaired) electrons. The molecule has 2 rings (SSSR count). The van der Waals surface area contributed by atoms with E-state index in [4.69, 9.17) is 20.5 Å². The van der Waals surface area contributed by atoms with Gasteiger partial charge in [-0.1, -0.05) is 0 Å². The number of carboxylic acid groups (broad SMARTS) is 1. The van der Waals surface area contributed by atoms with Crippen LogP contribution >= 0.6 is 10.7 Å². The average Bonchev–Trinajstić information content (AvgIpc) is 2.26. The minimum atomic E-state index is -3.86. The Morgan fingerprint density at radius 1 is 1.47 bits per heavy atom. The van der Waals surface area contributed by atoms with Gasteiger partial charge in [-0.15, -0.1) is 0 Å².